The molecule has 0 radical (unpaired) electrons. The molecule has 0 fully saturated rings. The van der Waals surface area contributed by atoms with E-state index >= 15 is 0 Å². The van der Waals surface area contributed by atoms with Crippen LogP contribution in [0.25, 0.3) is 11.1 Å². The predicted molar refractivity (Wildman–Crippen MR) is 74.5 cm³/mol. The van der Waals surface area contributed by atoms with Crippen molar-refractivity contribution >= 4 is 11.1 Å². The Labute approximate surface area is 108 Å². The van der Waals surface area contributed by atoms with E-state index in [1.54, 1.807) is 0 Å². The first-order valence-corrected chi connectivity index (χ1v) is 6.79. The second-order valence-electron chi connectivity index (χ2n) is 4.97. The molecule has 3 nitrogen and oxygen atoms in total. The van der Waals surface area contributed by atoms with Crippen LogP contribution in [-0.4, -0.2) is 11.5 Å². The molecule has 0 saturated heterocycles. The van der Waals surface area contributed by atoms with E-state index in [0.717, 1.165) is 42.8 Å². The van der Waals surface area contributed by atoms with Crippen LogP contribution in [0, 0.1) is 12.8 Å². The van der Waals surface area contributed by atoms with Gasteiger partial charge < -0.3 is 10.2 Å². The molecule has 0 bridgehead atoms. The molecule has 1 heterocycles. The van der Waals surface area contributed by atoms with Crippen molar-refractivity contribution in [1.29, 1.82) is 0 Å². The molecule has 0 amide bonds. The van der Waals surface area contributed by atoms with Crippen LogP contribution in [0.3, 0.4) is 0 Å². The van der Waals surface area contributed by atoms with Crippen LogP contribution in [0.2, 0.25) is 0 Å². The highest BCUT2D eigenvalue weighted by Crippen LogP contribution is 2.20. The molecule has 1 unspecified atom stereocenters. The molecule has 98 valence electrons. The molecule has 1 atom stereocenters. The molecule has 2 aromatic rings. The summed E-state index contributed by atoms with van der Waals surface area (Å²) in [6.07, 6.45) is 4.29. The Bertz CT molecular complexity index is 504. The van der Waals surface area contributed by atoms with Gasteiger partial charge in [-0.15, -0.1) is 0 Å². The molecule has 0 aliphatic carbocycles. The van der Waals surface area contributed by atoms with E-state index in [0.29, 0.717) is 5.92 Å². The number of fused-ring (bicyclic) bond motifs is 1. The predicted octanol–water partition coefficient (Wildman–Crippen LogP) is 3.44. The van der Waals surface area contributed by atoms with Gasteiger partial charge in [0.2, 0.25) is 0 Å². The molecule has 0 aliphatic rings. The third-order valence-electron chi connectivity index (χ3n) is 3.51. The van der Waals surface area contributed by atoms with Gasteiger partial charge in [-0.2, -0.15) is 0 Å². The maximum absolute atomic E-state index is 5.75. The Morgan fingerprint density at radius 2 is 2.17 bits per heavy atom. The molecular weight excluding hydrogens is 224 g/mol. The quantitative estimate of drug-likeness (QED) is 0.849. The first kappa shape index (κ1) is 13.1. The lowest BCUT2D eigenvalue weighted by Gasteiger charge is -2.11. The number of aromatic nitrogens is 1. The summed E-state index contributed by atoms with van der Waals surface area (Å²) in [5.41, 5.74) is 8.69. The molecule has 1 aromatic carbocycles. The van der Waals surface area contributed by atoms with Crippen molar-refractivity contribution in [2.24, 2.45) is 11.7 Å². The van der Waals surface area contributed by atoms with Crippen LogP contribution >= 0.6 is 0 Å². The fraction of sp³-hybridized carbons (Fsp3) is 0.533. The fourth-order valence-corrected chi connectivity index (χ4v) is 2.31. The van der Waals surface area contributed by atoms with Crippen LogP contribution in [0.15, 0.2) is 22.6 Å². The van der Waals surface area contributed by atoms with Crippen LogP contribution in [0.4, 0.5) is 0 Å². The van der Waals surface area contributed by atoms with Gasteiger partial charge in [0.25, 0.3) is 0 Å². The lowest BCUT2D eigenvalue weighted by molar-refractivity contribution is 0.415. The normalized spacial score (nSPS) is 13.1. The minimum Gasteiger partial charge on any atom is -0.441 e. The number of aryl methyl sites for hydroxylation is 2. The van der Waals surface area contributed by atoms with Crippen LogP contribution in [-0.2, 0) is 6.42 Å². The van der Waals surface area contributed by atoms with Crippen molar-refractivity contribution in [3.8, 4) is 0 Å². The van der Waals surface area contributed by atoms with Gasteiger partial charge >= 0.3 is 0 Å². The maximum Gasteiger partial charge on any atom is 0.195 e. The van der Waals surface area contributed by atoms with E-state index in [9.17, 15) is 0 Å². The van der Waals surface area contributed by atoms with Crippen molar-refractivity contribution in [2.75, 3.05) is 6.54 Å². The molecule has 2 rings (SSSR count). The molecule has 0 saturated carbocycles. The SMILES string of the molecule is CCC(CCN)CCc1nc2cc(C)ccc2o1. The van der Waals surface area contributed by atoms with Gasteiger partial charge in [-0.3, -0.25) is 0 Å². The molecule has 0 aliphatic heterocycles. The molecule has 18 heavy (non-hydrogen) atoms. The average molecular weight is 246 g/mol. The molecular formula is C15H22N2O. The Hall–Kier alpha value is -1.35. The van der Waals surface area contributed by atoms with E-state index in [1.807, 2.05) is 6.07 Å². The van der Waals surface area contributed by atoms with E-state index in [1.165, 1.54) is 12.0 Å². The number of nitrogens with zero attached hydrogens (tertiary/aromatic N) is 1. The highest BCUT2D eigenvalue weighted by atomic mass is 16.3. The summed E-state index contributed by atoms with van der Waals surface area (Å²) in [5.74, 6) is 1.54. The highest BCUT2D eigenvalue weighted by Gasteiger charge is 2.10. The standard InChI is InChI=1S/C15H22N2O/c1-3-12(8-9-16)5-7-15-17-13-10-11(2)4-6-14(13)18-15/h4,6,10,12H,3,5,7-9,16H2,1-2H3. The van der Waals surface area contributed by atoms with Crippen molar-refractivity contribution in [3.63, 3.8) is 0 Å². The summed E-state index contributed by atoms with van der Waals surface area (Å²) in [6.45, 7) is 5.06. The Kier molecular flexibility index (Phi) is 4.37. The Morgan fingerprint density at radius 1 is 1.33 bits per heavy atom. The minimum atomic E-state index is 0.687. The Balaban J connectivity index is 2.03. The van der Waals surface area contributed by atoms with Crippen molar-refractivity contribution in [2.45, 2.75) is 39.5 Å². The fourth-order valence-electron chi connectivity index (χ4n) is 2.31. The summed E-state index contributed by atoms with van der Waals surface area (Å²) in [6, 6.07) is 6.12. The summed E-state index contributed by atoms with van der Waals surface area (Å²) in [7, 11) is 0. The largest absolute Gasteiger partial charge is 0.441 e. The third-order valence-corrected chi connectivity index (χ3v) is 3.51. The number of nitrogens with two attached hydrogens (primary N) is 1. The molecule has 2 N–H and O–H groups in total. The third kappa shape index (κ3) is 3.10. The Morgan fingerprint density at radius 3 is 2.89 bits per heavy atom. The second-order valence-corrected chi connectivity index (χ2v) is 4.97. The lowest BCUT2D eigenvalue weighted by atomic mass is 9.97. The van der Waals surface area contributed by atoms with Gasteiger partial charge in [-0.1, -0.05) is 19.4 Å². The monoisotopic (exact) mass is 246 g/mol. The van der Waals surface area contributed by atoms with Gasteiger partial charge in [-0.05, 0) is 49.9 Å². The second kappa shape index (κ2) is 6.01. The zero-order valence-corrected chi connectivity index (χ0v) is 11.3. The number of benzene rings is 1. The van der Waals surface area contributed by atoms with Gasteiger partial charge in [0.05, 0.1) is 0 Å². The zero-order chi connectivity index (χ0) is 13.0. The topological polar surface area (TPSA) is 52.0 Å². The van der Waals surface area contributed by atoms with Crippen LogP contribution < -0.4 is 5.73 Å². The summed E-state index contributed by atoms with van der Waals surface area (Å²) in [5, 5.41) is 0. The van der Waals surface area contributed by atoms with Crippen molar-refractivity contribution in [1.82, 2.24) is 4.98 Å². The number of hydrogen-bond donors (Lipinski definition) is 1. The highest BCUT2D eigenvalue weighted by molar-refractivity contribution is 5.73. The summed E-state index contributed by atoms with van der Waals surface area (Å²) in [4.78, 5) is 4.54. The van der Waals surface area contributed by atoms with E-state index in [2.05, 4.69) is 31.0 Å². The van der Waals surface area contributed by atoms with Gasteiger partial charge in [-0.25, -0.2) is 4.98 Å². The first-order valence-electron chi connectivity index (χ1n) is 6.79. The van der Waals surface area contributed by atoms with Crippen LogP contribution in [0.1, 0.15) is 37.6 Å². The summed E-state index contributed by atoms with van der Waals surface area (Å²) < 4.78 is 5.75. The van der Waals surface area contributed by atoms with E-state index in [4.69, 9.17) is 10.2 Å². The van der Waals surface area contributed by atoms with E-state index in [-0.39, 0.29) is 0 Å². The van der Waals surface area contributed by atoms with Crippen molar-refractivity contribution in [3.05, 3.63) is 29.7 Å². The van der Waals surface area contributed by atoms with Gasteiger partial charge in [0.1, 0.15) is 5.52 Å². The maximum atomic E-state index is 5.75. The number of hydrogen-bond acceptors (Lipinski definition) is 3. The van der Waals surface area contributed by atoms with Gasteiger partial charge in [0.15, 0.2) is 11.5 Å². The molecule has 1 aromatic heterocycles. The number of oxazole rings is 1. The van der Waals surface area contributed by atoms with Crippen molar-refractivity contribution < 1.29 is 4.42 Å². The minimum absolute atomic E-state index is 0.687. The summed E-state index contributed by atoms with van der Waals surface area (Å²) >= 11 is 0. The van der Waals surface area contributed by atoms with Crippen LogP contribution in [0.5, 0.6) is 0 Å². The molecule has 3 heteroatoms. The number of rotatable bonds is 6. The zero-order valence-electron chi connectivity index (χ0n) is 11.3. The van der Waals surface area contributed by atoms with E-state index < -0.39 is 0 Å². The average Bonchev–Trinajstić information content (AvgIpc) is 2.76. The lowest BCUT2D eigenvalue weighted by Crippen LogP contribution is -2.09. The molecule has 0 spiro atoms. The smallest absolute Gasteiger partial charge is 0.195 e. The van der Waals surface area contributed by atoms with Gasteiger partial charge in [0, 0.05) is 6.42 Å². The first-order chi connectivity index (χ1) is 8.72.